The summed E-state index contributed by atoms with van der Waals surface area (Å²) in [5, 5.41) is 8.37. The van der Waals surface area contributed by atoms with E-state index < -0.39 is 11.7 Å². The Bertz CT molecular complexity index is 1040. The fraction of sp³-hybridized carbons (Fsp3) is 0.100. The minimum atomic E-state index is -0.689. The van der Waals surface area contributed by atoms with Crippen LogP contribution >= 0.6 is 0 Å². The molecule has 0 fully saturated rings. The maximum Gasteiger partial charge on any atom is 0.254 e. The Hall–Kier alpha value is -4.01. The van der Waals surface area contributed by atoms with Crippen LogP contribution in [0.2, 0.25) is 0 Å². The lowest BCUT2D eigenvalue weighted by molar-refractivity contribution is -0.114. The summed E-state index contributed by atoms with van der Waals surface area (Å²) in [7, 11) is 0. The molecule has 9 heteroatoms. The molecule has 8 nitrogen and oxygen atoms in total. The summed E-state index contributed by atoms with van der Waals surface area (Å²) in [6.45, 7) is 1.76. The SMILES string of the molecule is CC(=O)Nc1ccc(F)c(Nc2ncc(C(N)=O)c(NCc3ccccc3)n2)c1. The monoisotopic (exact) mass is 394 g/mol. The van der Waals surface area contributed by atoms with Crippen molar-refractivity contribution >= 4 is 35.0 Å². The van der Waals surface area contributed by atoms with Crippen LogP contribution in [0, 0.1) is 5.82 Å². The van der Waals surface area contributed by atoms with Crippen LogP contribution in [0.5, 0.6) is 0 Å². The number of aromatic nitrogens is 2. The third kappa shape index (κ3) is 5.25. The number of rotatable bonds is 7. The molecule has 0 spiro atoms. The maximum atomic E-state index is 14.1. The molecule has 3 rings (SSSR count). The highest BCUT2D eigenvalue weighted by Gasteiger charge is 2.13. The van der Waals surface area contributed by atoms with E-state index >= 15 is 0 Å². The number of nitrogens with zero attached hydrogens (tertiary/aromatic N) is 2. The van der Waals surface area contributed by atoms with Gasteiger partial charge in [-0.2, -0.15) is 4.98 Å². The van der Waals surface area contributed by atoms with Crippen molar-refractivity contribution < 1.29 is 14.0 Å². The van der Waals surface area contributed by atoms with Crippen LogP contribution in [0.4, 0.5) is 27.5 Å². The first-order valence-corrected chi connectivity index (χ1v) is 8.71. The van der Waals surface area contributed by atoms with Crippen LogP contribution in [0.15, 0.2) is 54.7 Å². The third-order valence-electron chi connectivity index (χ3n) is 3.89. The Kier molecular flexibility index (Phi) is 5.98. The Labute approximate surface area is 166 Å². The van der Waals surface area contributed by atoms with E-state index in [4.69, 9.17) is 5.73 Å². The average Bonchev–Trinajstić information content (AvgIpc) is 2.69. The number of anilines is 4. The molecule has 0 saturated carbocycles. The molecule has 0 aliphatic heterocycles. The van der Waals surface area contributed by atoms with Gasteiger partial charge in [-0.15, -0.1) is 0 Å². The number of hydrogen-bond donors (Lipinski definition) is 4. The van der Waals surface area contributed by atoms with E-state index in [-0.39, 0.29) is 28.9 Å². The van der Waals surface area contributed by atoms with Crippen LogP contribution < -0.4 is 21.7 Å². The van der Waals surface area contributed by atoms with Gasteiger partial charge in [0.2, 0.25) is 11.9 Å². The third-order valence-corrected chi connectivity index (χ3v) is 3.89. The van der Waals surface area contributed by atoms with Crippen molar-refractivity contribution in [3.8, 4) is 0 Å². The zero-order valence-corrected chi connectivity index (χ0v) is 15.6. The molecule has 148 valence electrons. The van der Waals surface area contributed by atoms with Crippen molar-refractivity contribution in [2.75, 3.05) is 16.0 Å². The number of halogens is 1. The number of carbonyl (C=O) groups excluding carboxylic acids is 2. The lowest BCUT2D eigenvalue weighted by atomic mass is 10.2. The molecule has 0 aliphatic carbocycles. The molecule has 29 heavy (non-hydrogen) atoms. The molecule has 0 saturated heterocycles. The summed E-state index contributed by atoms with van der Waals surface area (Å²) in [4.78, 5) is 31.2. The number of hydrogen-bond acceptors (Lipinski definition) is 6. The van der Waals surface area contributed by atoms with Gasteiger partial charge in [0.25, 0.3) is 5.91 Å². The summed E-state index contributed by atoms with van der Waals surface area (Å²) >= 11 is 0. The molecule has 1 aromatic heterocycles. The zero-order valence-electron chi connectivity index (χ0n) is 15.6. The quantitative estimate of drug-likeness (QED) is 0.489. The van der Waals surface area contributed by atoms with Crippen molar-refractivity contribution in [3.05, 3.63) is 71.7 Å². The van der Waals surface area contributed by atoms with Gasteiger partial charge in [-0.3, -0.25) is 9.59 Å². The highest BCUT2D eigenvalue weighted by atomic mass is 19.1. The minimum absolute atomic E-state index is 0.0597. The van der Waals surface area contributed by atoms with E-state index in [1.807, 2.05) is 30.3 Å². The van der Waals surface area contributed by atoms with Gasteiger partial charge in [0.1, 0.15) is 11.6 Å². The number of nitrogens with two attached hydrogens (primary N) is 1. The Morgan fingerprint density at radius 1 is 1.14 bits per heavy atom. The average molecular weight is 394 g/mol. The molecule has 2 amide bonds. The second-order valence-corrected chi connectivity index (χ2v) is 6.16. The Balaban J connectivity index is 1.85. The normalized spacial score (nSPS) is 10.3. The minimum Gasteiger partial charge on any atom is -0.365 e. The zero-order chi connectivity index (χ0) is 20.8. The fourth-order valence-electron chi connectivity index (χ4n) is 2.56. The van der Waals surface area contributed by atoms with Gasteiger partial charge in [0.05, 0.1) is 11.3 Å². The van der Waals surface area contributed by atoms with Crippen molar-refractivity contribution in [2.24, 2.45) is 5.73 Å². The van der Waals surface area contributed by atoms with Gasteiger partial charge in [0, 0.05) is 25.4 Å². The summed E-state index contributed by atoms with van der Waals surface area (Å²) < 4.78 is 14.1. The number of primary amides is 1. The number of nitrogens with one attached hydrogen (secondary N) is 3. The molecule has 0 unspecified atom stereocenters. The van der Waals surface area contributed by atoms with Gasteiger partial charge in [-0.1, -0.05) is 30.3 Å². The van der Waals surface area contributed by atoms with E-state index in [0.29, 0.717) is 12.2 Å². The van der Waals surface area contributed by atoms with E-state index in [1.165, 1.54) is 31.3 Å². The highest BCUT2D eigenvalue weighted by Crippen LogP contribution is 2.23. The van der Waals surface area contributed by atoms with Crippen LogP contribution in [0.3, 0.4) is 0 Å². The van der Waals surface area contributed by atoms with Gasteiger partial charge in [0.15, 0.2) is 0 Å². The largest absolute Gasteiger partial charge is 0.365 e. The van der Waals surface area contributed by atoms with Gasteiger partial charge >= 0.3 is 0 Å². The Morgan fingerprint density at radius 2 is 1.90 bits per heavy atom. The topological polar surface area (TPSA) is 122 Å². The summed E-state index contributed by atoms with van der Waals surface area (Å²) in [6, 6.07) is 13.6. The van der Waals surface area contributed by atoms with Gasteiger partial charge in [-0.25, -0.2) is 9.37 Å². The maximum absolute atomic E-state index is 14.1. The summed E-state index contributed by atoms with van der Waals surface area (Å²) in [5.41, 5.74) is 6.97. The van der Waals surface area contributed by atoms with Crippen molar-refractivity contribution in [3.63, 3.8) is 0 Å². The first kappa shape index (κ1) is 19.7. The summed E-state index contributed by atoms with van der Waals surface area (Å²) in [5.74, 6) is -1.25. The number of amides is 2. The second kappa shape index (κ2) is 8.79. The lowest BCUT2D eigenvalue weighted by Crippen LogP contribution is -2.17. The Morgan fingerprint density at radius 3 is 2.59 bits per heavy atom. The molecule has 0 aliphatic rings. The van der Waals surface area contributed by atoms with E-state index in [9.17, 15) is 14.0 Å². The molecule has 0 atom stereocenters. The predicted octanol–water partition coefficient (Wildman–Crippen LogP) is 3.03. The van der Waals surface area contributed by atoms with Crippen LogP contribution in [0.25, 0.3) is 0 Å². The molecule has 0 radical (unpaired) electrons. The van der Waals surface area contributed by atoms with E-state index in [0.717, 1.165) is 5.56 Å². The van der Waals surface area contributed by atoms with Gasteiger partial charge in [-0.05, 0) is 23.8 Å². The molecular weight excluding hydrogens is 375 g/mol. The summed E-state index contributed by atoms with van der Waals surface area (Å²) in [6.07, 6.45) is 1.26. The molecule has 5 N–H and O–H groups in total. The van der Waals surface area contributed by atoms with Crippen molar-refractivity contribution in [1.82, 2.24) is 9.97 Å². The standard InChI is InChI=1S/C20H19FN6O2/c1-12(28)25-14-7-8-16(21)17(9-14)26-20-24-11-15(18(22)29)19(27-20)23-10-13-5-3-2-4-6-13/h2-9,11H,10H2,1H3,(H2,22,29)(H,25,28)(H2,23,24,26,27). The lowest BCUT2D eigenvalue weighted by Gasteiger charge is -2.12. The van der Waals surface area contributed by atoms with Crippen LogP contribution in [-0.4, -0.2) is 21.8 Å². The fourth-order valence-corrected chi connectivity index (χ4v) is 2.56. The predicted molar refractivity (Wildman–Crippen MR) is 108 cm³/mol. The van der Waals surface area contributed by atoms with Gasteiger partial charge < -0.3 is 21.7 Å². The van der Waals surface area contributed by atoms with Crippen LogP contribution in [-0.2, 0) is 11.3 Å². The number of benzene rings is 2. The smallest absolute Gasteiger partial charge is 0.254 e. The molecule has 0 bridgehead atoms. The second-order valence-electron chi connectivity index (χ2n) is 6.16. The van der Waals surface area contributed by atoms with Crippen molar-refractivity contribution in [2.45, 2.75) is 13.5 Å². The first-order valence-electron chi connectivity index (χ1n) is 8.71. The first-order chi connectivity index (χ1) is 13.9. The van der Waals surface area contributed by atoms with Crippen molar-refractivity contribution in [1.29, 1.82) is 0 Å². The highest BCUT2D eigenvalue weighted by molar-refractivity contribution is 5.97. The molecule has 2 aromatic carbocycles. The van der Waals surface area contributed by atoms with Crippen LogP contribution in [0.1, 0.15) is 22.8 Å². The molecule has 1 heterocycles. The van der Waals surface area contributed by atoms with E-state index in [2.05, 4.69) is 25.9 Å². The molecular formula is C20H19FN6O2. The van der Waals surface area contributed by atoms with E-state index in [1.54, 1.807) is 0 Å². The number of carbonyl (C=O) groups is 2. The molecule has 3 aromatic rings.